The van der Waals surface area contributed by atoms with Gasteiger partial charge in [0.1, 0.15) is 5.41 Å². The zero-order valence-electron chi connectivity index (χ0n) is 11.9. The Bertz CT molecular complexity index is 527. The first kappa shape index (κ1) is 14.7. The molecule has 0 heterocycles. The highest BCUT2D eigenvalue weighted by atomic mass is 31.0. The summed E-state index contributed by atoms with van der Waals surface area (Å²) in [5, 5.41) is 0. The van der Waals surface area contributed by atoms with E-state index >= 15 is 0 Å². The number of carbonyl (C=O) groups is 1. The van der Waals surface area contributed by atoms with Gasteiger partial charge in [0.15, 0.2) is 0 Å². The minimum atomic E-state index is -0.642. The molecule has 0 aromatic heterocycles. The van der Waals surface area contributed by atoms with Gasteiger partial charge in [-0.1, -0.05) is 60.7 Å². The summed E-state index contributed by atoms with van der Waals surface area (Å²) in [6, 6.07) is 20.0. The first-order chi connectivity index (χ1) is 9.63. The topological polar surface area (TPSA) is 20.3 Å². The molecule has 0 aliphatic heterocycles. The Labute approximate surface area is 123 Å². The highest BCUT2D eigenvalue weighted by Crippen LogP contribution is 2.35. The number of amides is 1. The summed E-state index contributed by atoms with van der Waals surface area (Å²) < 4.78 is 0. The van der Waals surface area contributed by atoms with Crippen LogP contribution >= 0.6 is 9.24 Å². The first-order valence-corrected chi connectivity index (χ1v) is 7.47. The molecular weight excluding hydrogens is 265 g/mol. The van der Waals surface area contributed by atoms with Crippen LogP contribution in [0.5, 0.6) is 0 Å². The number of hydrogen-bond acceptors (Lipinski definition) is 1. The van der Waals surface area contributed by atoms with E-state index in [-0.39, 0.29) is 5.91 Å². The van der Waals surface area contributed by atoms with Crippen molar-refractivity contribution in [2.45, 2.75) is 5.41 Å². The van der Waals surface area contributed by atoms with Crippen LogP contribution < -0.4 is 0 Å². The summed E-state index contributed by atoms with van der Waals surface area (Å²) in [5.74, 6) is 0.102. The third-order valence-electron chi connectivity index (χ3n) is 3.61. The van der Waals surface area contributed by atoms with E-state index < -0.39 is 5.41 Å². The summed E-state index contributed by atoms with van der Waals surface area (Å²) >= 11 is 0. The molecule has 0 aliphatic carbocycles. The SMILES string of the molecule is CN(C)C(=O)C(CP)(c1ccccc1)c1ccccc1. The lowest BCUT2D eigenvalue weighted by atomic mass is 9.75. The van der Waals surface area contributed by atoms with Crippen LogP contribution in [0, 0.1) is 0 Å². The molecular formula is C17H20NOP. The zero-order valence-corrected chi connectivity index (χ0v) is 13.1. The Morgan fingerprint density at radius 3 is 1.65 bits per heavy atom. The summed E-state index contributed by atoms with van der Waals surface area (Å²) in [6.45, 7) is 0. The van der Waals surface area contributed by atoms with E-state index in [0.29, 0.717) is 6.16 Å². The summed E-state index contributed by atoms with van der Waals surface area (Å²) in [7, 11) is 6.35. The number of likely N-dealkylation sites (N-methyl/N-ethyl adjacent to an activating group) is 1. The molecule has 2 aromatic carbocycles. The van der Waals surface area contributed by atoms with E-state index in [0.717, 1.165) is 11.1 Å². The van der Waals surface area contributed by atoms with Crippen molar-refractivity contribution in [2.75, 3.05) is 20.3 Å². The van der Waals surface area contributed by atoms with Crippen molar-refractivity contribution in [3.8, 4) is 0 Å². The Morgan fingerprint density at radius 1 is 0.950 bits per heavy atom. The van der Waals surface area contributed by atoms with Gasteiger partial charge in [0.05, 0.1) is 0 Å². The maximum atomic E-state index is 12.9. The quantitative estimate of drug-likeness (QED) is 0.791. The van der Waals surface area contributed by atoms with E-state index in [1.807, 2.05) is 74.8 Å². The fourth-order valence-electron chi connectivity index (χ4n) is 2.56. The van der Waals surface area contributed by atoms with Crippen LogP contribution in [0.15, 0.2) is 60.7 Å². The van der Waals surface area contributed by atoms with Crippen LogP contribution in [0.3, 0.4) is 0 Å². The van der Waals surface area contributed by atoms with E-state index in [1.54, 1.807) is 4.90 Å². The van der Waals surface area contributed by atoms with Gasteiger partial charge in [-0.15, -0.1) is 9.24 Å². The third-order valence-corrected chi connectivity index (χ3v) is 4.22. The van der Waals surface area contributed by atoms with E-state index in [9.17, 15) is 4.79 Å². The largest absolute Gasteiger partial charge is 0.348 e. The van der Waals surface area contributed by atoms with Crippen LogP contribution in [-0.2, 0) is 10.2 Å². The molecule has 104 valence electrons. The molecule has 0 fully saturated rings. The maximum absolute atomic E-state index is 12.9. The lowest BCUT2D eigenvalue weighted by Crippen LogP contribution is -2.46. The van der Waals surface area contributed by atoms with Gasteiger partial charge >= 0.3 is 0 Å². The maximum Gasteiger partial charge on any atom is 0.237 e. The molecule has 1 atom stereocenters. The molecule has 1 amide bonds. The minimum Gasteiger partial charge on any atom is -0.348 e. The molecule has 2 aromatic rings. The molecule has 20 heavy (non-hydrogen) atoms. The van der Waals surface area contributed by atoms with Crippen molar-refractivity contribution in [1.29, 1.82) is 0 Å². The Morgan fingerprint density at radius 2 is 1.35 bits per heavy atom. The van der Waals surface area contributed by atoms with E-state index in [2.05, 4.69) is 9.24 Å². The zero-order chi connectivity index (χ0) is 14.6. The van der Waals surface area contributed by atoms with Crippen molar-refractivity contribution < 1.29 is 4.79 Å². The number of nitrogens with zero attached hydrogens (tertiary/aromatic N) is 1. The van der Waals surface area contributed by atoms with Crippen LogP contribution in [-0.4, -0.2) is 31.1 Å². The van der Waals surface area contributed by atoms with E-state index in [4.69, 9.17) is 0 Å². The molecule has 0 saturated heterocycles. The fourth-order valence-corrected chi connectivity index (χ4v) is 3.21. The Kier molecular flexibility index (Phi) is 4.57. The Balaban J connectivity index is 2.68. The molecule has 0 saturated carbocycles. The van der Waals surface area contributed by atoms with Crippen LogP contribution in [0.4, 0.5) is 0 Å². The summed E-state index contributed by atoms with van der Waals surface area (Å²) in [4.78, 5) is 14.6. The van der Waals surface area contributed by atoms with Crippen LogP contribution in [0.1, 0.15) is 11.1 Å². The van der Waals surface area contributed by atoms with Crippen LogP contribution in [0.25, 0.3) is 0 Å². The molecule has 2 nitrogen and oxygen atoms in total. The lowest BCUT2D eigenvalue weighted by molar-refractivity contribution is -0.132. The smallest absolute Gasteiger partial charge is 0.237 e. The van der Waals surface area contributed by atoms with E-state index in [1.165, 1.54) is 0 Å². The van der Waals surface area contributed by atoms with Gasteiger partial charge in [-0.3, -0.25) is 4.79 Å². The number of hydrogen-bond donors (Lipinski definition) is 0. The van der Waals surface area contributed by atoms with Crippen LogP contribution in [0.2, 0.25) is 0 Å². The van der Waals surface area contributed by atoms with Gasteiger partial charge in [-0.2, -0.15) is 0 Å². The first-order valence-electron chi connectivity index (χ1n) is 6.66. The highest BCUT2D eigenvalue weighted by molar-refractivity contribution is 7.16. The molecule has 3 heteroatoms. The molecule has 1 unspecified atom stereocenters. The number of rotatable bonds is 4. The van der Waals surface area contributed by atoms with Crippen molar-refractivity contribution in [1.82, 2.24) is 4.90 Å². The highest BCUT2D eigenvalue weighted by Gasteiger charge is 2.41. The van der Waals surface area contributed by atoms with Gasteiger partial charge < -0.3 is 4.90 Å². The number of carbonyl (C=O) groups excluding carboxylic acids is 1. The average molecular weight is 285 g/mol. The second-order valence-electron chi connectivity index (χ2n) is 5.04. The molecule has 0 spiro atoms. The molecule has 0 radical (unpaired) electrons. The van der Waals surface area contributed by atoms with Crippen molar-refractivity contribution >= 4 is 15.1 Å². The lowest BCUT2D eigenvalue weighted by Gasteiger charge is -2.35. The molecule has 0 aliphatic rings. The van der Waals surface area contributed by atoms with Crippen molar-refractivity contribution in [3.63, 3.8) is 0 Å². The normalized spacial score (nSPS) is 11.2. The predicted octanol–water partition coefficient (Wildman–Crippen LogP) is 2.94. The van der Waals surface area contributed by atoms with Crippen molar-refractivity contribution in [2.24, 2.45) is 0 Å². The van der Waals surface area contributed by atoms with Gasteiger partial charge in [0.2, 0.25) is 5.91 Å². The second kappa shape index (κ2) is 6.19. The summed E-state index contributed by atoms with van der Waals surface area (Å²) in [6.07, 6.45) is 0.651. The van der Waals surface area contributed by atoms with Gasteiger partial charge in [-0.25, -0.2) is 0 Å². The minimum absolute atomic E-state index is 0.102. The van der Waals surface area contributed by atoms with Gasteiger partial charge in [-0.05, 0) is 17.3 Å². The third kappa shape index (κ3) is 2.48. The van der Waals surface area contributed by atoms with Gasteiger partial charge in [0.25, 0.3) is 0 Å². The molecule has 2 rings (SSSR count). The second-order valence-corrected chi connectivity index (χ2v) is 5.45. The van der Waals surface area contributed by atoms with Gasteiger partial charge in [0, 0.05) is 14.1 Å². The molecule has 0 bridgehead atoms. The predicted molar refractivity (Wildman–Crippen MR) is 86.9 cm³/mol. The molecule has 0 N–H and O–H groups in total. The standard InChI is InChI=1S/C17H20NOP/c1-18(2)16(19)17(13-20,14-9-5-3-6-10-14)15-11-7-4-8-12-15/h3-12H,13,20H2,1-2H3. The Hall–Kier alpha value is -1.66. The monoisotopic (exact) mass is 285 g/mol. The number of benzene rings is 2. The fraction of sp³-hybridized carbons (Fsp3) is 0.235. The average Bonchev–Trinajstić information content (AvgIpc) is 2.50. The summed E-state index contributed by atoms with van der Waals surface area (Å²) in [5.41, 5.74) is 1.41. The van der Waals surface area contributed by atoms with Crippen molar-refractivity contribution in [3.05, 3.63) is 71.8 Å².